The monoisotopic (exact) mass is 327 g/mol. The number of benzene rings is 1. The van der Waals surface area contributed by atoms with Crippen molar-refractivity contribution in [1.82, 2.24) is 19.8 Å². The van der Waals surface area contributed by atoms with Gasteiger partial charge in [0.05, 0.1) is 25.2 Å². The van der Waals surface area contributed by atoms with Gasteiger partial charge in [-0.3, -0.25) is 4.79 Å². The number of hydrogen-bond donors (Lipinski definition) is 1. The van der Waals surface area contributed by atoms with E-state index in [4.69, 9.17) is 4.74 Å². The average molecular weight is 327 g/mol. The number of para-hydroxylation sites is 2. The van der Waals surface area contributed by atoms with Crippen molar-refractivity contribution in [3.8, 4) is 5.75 Å². The molecule has 126 valence electrons. The lowest BCUT2D eigenvalue weighted by molar-refractivity contribution is 0.0658. The van der Waals surface area contributed by atoms with Gasteiger partial charge in [-0.05, 0) is 19.2 Å². The number of nitrogens with zero attached hydrogens (tertiary/aromatic N) is 4. The van der Waals surface area contributed by atoms with E-state index in [9.17, 15) is 4.79 Å². The van der Waals surface area contributed by atoms with Crippen molar-refractivity contribution >= 4 is 17.4 Å². The largest absolute Gasteiger partial charge is 0.495 e. The molecule has 2 heterocycles. The molecule has 3 rings (SSSR count). The Bertz CT molecular complexity index is 696. The first-order valence-corrected chi connectivity index (χ1v) is 7.87. The van der Waals surface area contributed by atoms with E-state index in [1.807, 2.05) is 29.2 Å². The van der Waals surface area contributed by atoms with E-state index in [0.29, 0.717) is 11.5 Å². The molecule has 0 atom stereocenters. The number of nitrogens with one attached hydrogen (secondary N) is 1. The molecular weight excluding hydrogens is 306 g/mol. The van der Waals surface area contributed by atoms with Crippen molar-refractivity contribution < 1.29 is 9.53 Å². The van der Waals surface area contributed by atoms with Gasteiger partial charge in [0.1, 0.15) is 17.3 Å². The summed E-state index contributed by atoms with van der Waals surface area (Å²) < 4.78 is 5.29. The number of carbonyl (C=O) groups is 1. The summed E-state index contributed by atoms with van der Waals surface area (Å²) in [6, 6.07) is 7.56. The highest BCUT2D eigenvalue weighted by molar-refractivity contribution is 5.92. The minimum absolute atomic E-state index is 0.0700. The van der Waals surface area contributed by atoms with Gasteiger partial charge in [-0.1, -0.05) is 12.1 Å². The van der Waals surface area contributed by atoms with Gasteiger partial charge in [0.2, 0.25) is 0 Å². The van der Waals surface area contributed by atoms with E-state index >= 15 is 0 Å². The first kappa shape index (κ1) is 16.2. The third-order valence-electron chi connectivity index (χ3n) is 4.03. The topological polar surface area (TPSA) is 70.6 Å². The number of rotatable bonds is 4. The van der Waals surface area contributed by atoms with Crippen LogP contribution in [0.4, 0.5) is 11.5 Å². The molecule has 1 aliphatic heterocycles. The molecule has 0 radical (unpaired) electrons. The van der Waals surface area contributed by atoms with Crippen LogP contribution in [0.1, 0.15) is 10.5 Å². The van der Waals surface area contributed by atoms with Crippen LogP contribution >= 0.6 is 0 Å². The van der Waals surface area contributed by atoms with Crippen LogP contribution in [0.25, 0.3) is 0 Å². The van der Waals surface area contributed by atoms with Crippen molar-refractivity contribution in [3.63, 3.8) is 0 Å². The molecule has 24 heavy (non-hydrogen) atoms. The van der Waals surface area contributed by atoms with Crippen LogP contribution in [0.3, 0.4) is 0 Å². The fourth-order valence-corrected chi connectivity index (χ4v) is 2.56. The number of methoxy groups -OCH3 is 1. The highest BCUT2D eigenvalue weighted by atomic mass is 16.5. The number of amides is 1. The second kappa shape index (κ2) is 7.27. The maximum absolute atomic E-state index is 12.4. The molecule has 1 aromatic carbocycles. The lowest BCUT2D eigenvalue weighted by Gasteiger charge is -2.32. The number of aromatic nitrogens is 2. The normalized spacial score (nSPS) is 15.2. The first-order chi connectivity index (χ1) is 11.7. The number of carbonyl (C=O) groups excluding carboxylic acids is 1. The van der Waals surface area contributed by atoms with Crippen LogP contribution in [-0.4, -0.2) is 66.0 Å². The van der Waals surface area contributed by atoms with Gasteiger partial charge in [-0.15, -0.1) is 0 Å². The quantitative estimate of drug-likeness (QED) is 0.920. The number of anilines is 2. The van der Waals surface area contributed by atoms with Gasteiger partial charge >= 0.3 is 0 Å². The third-order valence-corrected chi connectivity index (χ3v) is 4.03. The molecule has 1 amide bonds. The SMILES string of the molecule is COc1ccccc1Nc1cnc(C(=O)N2CCN(C)CC2)cn1. The highest BCUT2D eigenvalue weighted by Gasteiger charge is 2.21. The second-order valence-corrected chi connectivity index (χ2v) is 5.71. The van der Waals surface area contributed by atoms with Crippen molar-refractivity contribution in [1.29, 1.82) is 0 Å². The Labute approximate surface area is 141 Å². The van der Waals surface area contributed by atoms with Crippen LogP contribution in [-0.2, 0) is 0 Å². The number of ether oxygens (including phenoxy) is 1. The predicted molar refractivity (Wildman–Crippen MR) is 91.7 cm³/mol. The van der Waals surface area contributed by atoms with Crippen molar-refractivity contribution in [2.45, 2.75) is 0 Å². The second-order valence-electron chi connectivity index (χ2n) is 5.71. The summed E-state index contributed by atoms with van der Waals surface area (Å²) in [5, 5.41) is 3.14. The summed E-state index contributed by atoms with van der Waals surface area (Å²) in [7, 11) is 3.67. The zero-order valence-electron chi connectivity index (χ0n) is 13.9. The van der Waals surface area contributed by atoms with E-state index in [-0.39, 0.29) is 5.91 Å². The molecule has 7 heteroatoms. The van der Waals surface area contributed by atoms with Crippen LogP contribution in [0, 0.1) is 0 Å². The molecule has 1 aliphatic rings. The van der Waals surface area contributed by atoms with Gasteiger partial charge in [0, 0.05) is 26.2 Å². The number of hydrogen-bond acceptors (Lipinski definition) is 6. The zero-order valence-corrected chi connectivity index (χ0v) is 13.9. The zero-order chi connectivity index (χ0) is 16.9. The molecule has 0 saturated carbocycles. The summed E-state index contributed by atoms with van der Waals surface area (Å²) in [5.41, 5.74) is 1.16. The lowest BCUT2D eigenvalue weighted by atomic mass is 10.3. The minimum atomic E-state index is -0.0700. The van der Waals surface area contributed by atoms with Crippen LogP contribution < -0.4 is 10.1 Å². The Balaban J connectivity index is 1.68. The Morgan fingerprint density at radius 2 is 1.88 bits per heavy atom. The molecule has 7 nitrogen and oxygen atoms in total. The molecule has 0 bridgehead atoms. The minimum Gasteiger partial charge on any atom is -0.495 e. The Morgan fingerprint density at radius 3 is 2.54 bits per heavy atom. The van der Waals surface area contributed by atoms with Gasteiger partial charge in [-0.2, -0.15) is 0 Å². The van der Waals surface area contributed by atoms with Crippen molar-refractivity contribution in [2.75, 3.05) is 45.7 Å². The van der Waals surface area contributed by atoms with Crippen LogP contribution in [0.5, 0.6) is 5.75 Å². The molecule has 1 fully saturated rings. The predicted octanol–water partition coefficient (Wildman–Crippen LogP) is 1.62. The number of piperazine rings is 1. The summed E-state index contributed by atoms with van der Waals surface area (Å²) in [4.78, 5) is 25.0. The maximum atomic E-state index is 12.4. The Hall–Kier alpha value is -2.67. The molecule has 0 unspecified atom stereocenters. The van der Waals surface area contributed by atoms with Gasteiger partial charge in [-0.25, -0.2) is 9.97 Å². The van der Waals surface area contributed by atoms with Gasteiger partial charge < -0.3 is 19.9 Å². The first-order valence-electron chi connectivity index (χ1n) is 7.87. The number of likely N-dealkylation sites (N-methyl/N-ethyl adjacent to an activating group) is 1. The van der Waals surface area contributed by atoms with E-state index in [1.54, 1.807) is 13.3 Å². The summed E-state index contributed by atoms with van der Waals surface area (Å²) in [5.74, 6) is 1.21. The fourth-order valence-electron chi connectivity index (χ4n) is 2.56. The Morgan fingerprint density at radius 1 is 1.12 bits per heavy atom. The molecule has 1 aromatic heterocycles. The third kappa shape index (κ3) is 3.62. The van der Waals surface area contributed by atoms with E-state index < -0.39 is 0 Å². The van der Waals surface area contributed by atoms with Crippen molar-refractivity contribution in [3.05, 3.63) is 42.4 Å². The van der Waals surface area contributed by atoms with E-state index in [1.165, 1.54) is 6.20 Å². The molecule has 1 saturated heterocycles. The van der Waals surface area contributed by atoms with Crippen LogP contribution in [0.15, 0.2) is 36.7 Å². The van der Waals surface area contributed by atoms with Crippen molar-refractivity contribution in [2.24, 2.45) is 0 Å². The Kier molecular flexibility index (Phi) is 4.90. The van der Waals surface area contributed by atoms with Gasteiger partial charge in [0.15, 0.2) is 0 Å². The summed E-state index contributed by atoms with van der Waals surface area (Å²) in [6.45, 7) is 3.20. The fraction of sp³-hybridized carbons (Fsp3) is 0.353. The smallest absolute Gasteiger partial charge is 0.274 e. The molecule has 2 aromatic rings. The molecule has 0 aliphatic carbocycles. The summed E-state index contributed by atoms with van der Waals surface area (Å²) in [6.07, 6.45) is 3.08. The van der Waals surface area contributed by atoms with E-state index in [0.717, 1.165) is 37.6 Å². The highest BCUT2D eigenvalue weighted by Crippen LogP contribution is 2.25. The maximum Gasteiger partial charge on any atom is 0.274 e. The average Bonchev–Trinajstić information content (AvgIpc) is 2.63. The molecular formula is C17H21N5O2. The van der Waals surface area contributed by atoms with E-state index in [2.05, 4.69) is 27.2 Å². The molecule has 0 spiro atoms. The van der Waals surface area contributed by atoms with Crippen LogP contribution in [0.2, 0.25) is 0 Å². The molecule has 1 N–H and O–H groups in total. The summed E-state index contributed by atoms with van der Waals surface area (Å²) >= 11 is 0. The lowest BCUT2D eigenvalue weighted by Crippen LogP contribution is -2.47. The van der Waals surface area contributed by atoms with Gasteiger partial charge in [0.25, 0.3) is 5.91 Å². The standard InChI is InChI=1S/C17H21N5O2/c1-21-7-9-22(10-8-21)17(23)14-11-19-16(12-18-14)20-13-5-3-4-6-15(13)24-2/h3-6,11-12H,7-10H2,1-2H3,(H,19,20).